The van der Waals surface area contributed by atoms with Gasteiger partial charge in [-0.15, -0.1) is 0 Å². The van der Waals surface area contributed by atoms with Crippen molar-refractivity contribution in [2.75, 3.05) is 13.2 Å². The van der Waals surface area contributed by atoms with Crippen LogP contribution in [0.2, 0.25) is 0 Å². The van der Waals surface area contributed by atoms with Crippen molar-refractivity contribution >= 4 is 5.97 Å². The highest BCUT2D eigenvalue weighted by Crippen LogP contribution is 2.32. The highest BCUT2D eigenvalue weighted by molar-refractivity contribution is 5.65. The summed E-state index contributed by atoms with van der Waals surface area (Å²) in [4.78, 5) is 13.2. The van der Waals surface area contributed by atoms with Crippen molar-refractivity contribution in [2.24, 2.45) is 0 Å². The first-order valence-electron chi connectivity index (χ1n) is 5.16. The largest absolute Gasteiger partial charge is 0.464 e. The number of rotatable bonds is 2. The molecule has 2 aliphatic rings. The summed E-state index contributed by atoms with van der Waals surface area (Å²) in [6.45, 7) is 3.29. The van der Waals surface area contributed by atoms with E-state index in [0.717, 1.165) is 6.04 Å². The van der Waals surface area contributed by atoms with Crippen LogP contribution in [0, 0.1) is 0 Å². The molecule has 1 unspecified atom stereocenters. The number of esters is 1. The molecule has 0 radical (unpaired) electrons. The average molecular weight is 183 g/mol. The topological polar surface area (TPSA) is 29.5 Å². The molecule has 0 aromatic rings. The Balaban J connectivity index is 1.83. The highest BCUT2D eigenvalue weighted by Gasteiger charge is 2.36. The molecule has 2 atom stereocenters. The molecule has 2 heterocycles. The quantitative estimate of drug-likeness (QED) is 0.602. The van der Waals surface area contributed by atoms with Gasteiger partial charge in [-0.05, 0) is 32.2 Å². The molecule has 3 nitrogen and oxygen atoms in total. The maximum atomic E-state index is 10.7. The summed E-state index contributed by atoms with van der Waals surface area (Å²) >= 11 is 0. The maximum absolute atomic E-state index is 10.7. The minimum atomic E-state index is -0.150. The summed E-state index contributed by atoms with van der Waals surface area (Å²) in [6.07, 6.45) is 5.17. The third kappa shape index (κ3) is 1.85. The minimum Gasteiger partial charge on any atom is -0.464 e. The Morgan fingerprint density at radius 1 is 1.46 bits per heavy atom. The fourth-order valence-corrected chi connectivity index (χ4v) is 2.59. The van der Waals surface area contributed by atoms with E-state index in [1.807, 2.05) is 0 Å². The van der Waals surface area contributed by atoms with Gasteiger partial charge >= 0.3 is 5.97 Å². The molecular formula is C10H17NO2. The van der Waals surface area contributed by atoms with Crippen LogP contribution in [0.1, 0.15) is 32.6 Å². The van der Waals surface area contributed by atoms with Crippen molar-refractivity contribution in [2.45, 2.75) is 44.7 Å². The Hall–Kier alpha value is -0.570. The second kappa shape index (κ2) is 3.66. The predicted molar refractivity (Wildman–Crippen MR) is 49.4 cm³/mol. The van der Waals surface area contributed by atoms with Gasteiger partial charge in [-0.2, -0.15) is 0 Å². The first kappa shape index (κ1) is 9.00. The van der Waals surface area contributed by atoms with E-state index in [9.17, 15) is 4.79 Å². The summed E-state index contributed by atoms with van der Waals surface area (Å²) in [5, 5.41) is 0. The van der Waals surface area contributed by atoms with Crippen LogP contribution >= 0.6 is 0 Å². The van der Waals surface area contributed by atoms with Crippen LogP contribution in [-0.2, 0) is 9.53 Å². The van der Waals surface area contributed by atoms with Gasteiger partial charge in [-0.25, -0.2) is 0 Å². The Morgan fingerprint density at radius 2 is 2.31 bits per heavy atom. The first-order chi connectivity index (χ1) is 6.27. The van der Waals surface area contributed by atoms with Gasteiger partial charge in [0.05, 0.1) is 0 Å². The van der Waals surface area contributed by atoms with Crippen LogP contribution in [-0.4, -0.2) is 36.1 Å². The molecule has 0 N–H and O–H groups in total. The van der Waals surface area contributed by atoms with Gasteiger partial charge in [-0.3, -0.25) is 9.69 Å². The smallest absolute Gasteiger partial charge is 0.302 e. The maximum Gasteiger partial charge on any atom is 0.302 e. The van der Waals surface area contributed by atoms with E-state index in [0.29, 0.717) is 12.6 Å². The van der Waals surface area contributed by atoms with E-state index >= 15 is 0 Å². The summed E-state index contributed by atoms with van der Waals surface area (Å²) in [6, 6.07) is 1.30. The standard InChI is InChI=1S/C10H17NO2/c1-8(12)13-7-10-5-4-9-3-2-6-11(9)10/h9-10H,2-7H2,1H3/t9?,10-/m1/s1. The molecule has 0 spiro atoms. The highest BCUT2D eigenvalue weighted by atomic mass is 16.5. The summed E-state index contributed by atoms with van der Waals surface area (Å²) in [5.74, 6) is -0.150. The first-order valence-corrected chi connectivity index (χ1v) is 5.16. The van der Waals surface area contributed by atoms with Crippen LogP contribution in [0.4, 0.5) is 0 Å². The van der Waals surface area contributed by atoms with Crippen molar-refractivity contribution in [3.05, 3.63) is 0 Å². The summed E-state index contributed by atoms with van der Waals surface area (Å²) in [5.41, 5.74) is 0. The summed E-state index contributed by atoms with van der Waals surface area (Å²) < 4.78 is 5.05. The van der Waals surface area contributed by atoms with E-state index in [4.69, 9.17) is 4.74 Å². The van der Waals surface area contributed by atoms with Crippen LogP contribution < -0.4 is 0 Å². The molecule has 0 saturated carbocycles. The second-order valence-corrected chi connectivity index (χ2v) is 4.07. The van der Waals surface area contributed by atoms with Gasteiger partial charge in [0.1, 0.15) is 6.61 Å². The Morgan fingerprint density at radius 3 is 3.08 bits per heavy atom. The van der Waals surface area contributed by atoms with Gasteiger partial charge in [0, 0.05) is 19.0 Å². The molecule has 2 saturated heterocycles. The van der Waals surface area contributed by atoms with E-state index in [-0.39, 0.29) is 5.97 Å². The SMILES string of the molecule is CC(=O)OC[C@H]1CCC2CCCN21. The number of nitrogens with zero attached hydrogens (tertiary/aromatic N) is 1. The molecule has 0 bridgehead atoms. The van der Waals surface area contributed by atoms with E-state index in [1.54, 1.807) is 0 Å². The lowest BCUT2D eigenvalue weighted by atomic mass is 10.1. The third-order valence-electron chi connectivity index (χ3n) is 3.20. The predicted octanol–water partition coefficient (Wildman–Crippen LogP) is 1.18. The monoisotopic (exact) mass is 183 g/mol. The van der Waals surface area contributed by atoms with Crippen molar-refractivity contribution < 1.29 is 9.53 Å². The summed E-state index contributed by atoms with van der Waals surface area (Å²) in [7, 11) is 0. The van der Waals surface area contributed by atoms with Crippen LogP contribution in [0.25, 0.3) is 0 Å². The lowest BCUT2D eigenvalue weighted by Crippen LogP contribution is -2.34. The normalized spacial score (nSPS) is 33.3. The third-order valence-corrected chi connectivity index (χ3v) is 3.20. The van der Waals surface area contributed by atoms with Gasteiger partial charge in [0.15, 0.2) is 0 Å². The molecule has 2 rings (SSSR count). The molecule has 2 fully saturated rings. The molecule has 0 aromatic carbocycles. The molecular weight excluding hydrogens is 166 g/mol. The molecule has 2 aliphatic heterocycles. The number of hydrogen-bond donors (Lipinski definition) is 0. The Bertz CT molecular complexity index is 205. The average Bonchev–Trinajstić information content (AvgIpc) is 2.60. The van der Waals surface area contributed by atoms with Crippen molar-refractivity contribution in [3.63, 3.8) is 0 Å². The molecule has 74 valence electrons. The van der Waals surface area contributed by atoms with E-state index < -0.39 is 0 Å². The molecule has 0 aromatic heterocycles. The van der Waals surface area contributed by atoms with Crippen LogP contribution in [0.5, 0.6) is 0 Å². The number of hydrogen-bond acceptors (Lipinski definition) is 3. The molecule has 3 heteroatoms. The Labute approximate surface area is 79.0 Å². The zero-order valence-electron chi connectivity index (χ0n) is 8.16. The van der Waals surface area contributed by atoms with E-state index in [2.05, 4.69) is 4.90 Å². The fourth-order valence-electron chi connectivity index (χ4n) is 2.59. The van der Waals surface area contributed by atoms with E-state index in [1.165, 1.54) is 39.2 Å². The fraction of sp³-hybridized carbons (Fsp3) is 0.900. The zero-order chi connectivity index (χ0) is 9.26. The lowest BCUT2D eigenvalue weighted by Gasteiger charge is -2.22. The van der Waals surface area contributed by atoms with Gasteiger partial charge in [0.25, 0.3) is 0 Å². The van der Waals surface area contributed by atoms with Gasteiger partial charge in [0.2, 0.25) is 0 Å². The van der Waals surface area contributed by atoms with Crippen molar-refractivity contribution in [3.8, 4) is 0 Å². The number of carbonyl (C=O) groups excluding carboxylic acids is 1. The van der Waals surface area contributed by atoms with Gasteiger partial charge < -0.3 is 4.74 Å². The van der Waals surface area contributed by atoms with Crippen LogP contribution in [0.15, 0.2) is 0 Å². The molecule has 0 amide bonds. The number of carbonyl (C=O) groups is 1. The van der Waals surface area contributed by atoms with Crippen LogP contribution in [0.3, 0.4) is 0 Å². The minimum absolute atomic E-state index is 0.150. The lowest BCUT2D eigenvalue weighted by molar-refractivity contribution is -0.142. The second-order valence-electron chi connectivity index (χ2n) is 4.07. The van der Waals surface area contributed by atoms with Crippen molar-refractivity contribution in [1.29, 1.82) is 0 Å². The van der Waals surface area contributed by atoms with Gasteiger partial charge in [-0.1, -0.05) is 0 Å². The number of fused-ring (bicyclic) bond motifs is 1. The number of ether oxygens (including phenoxy) is 1. The zero-order valence-corrected chi connectivity index (χ0v) is 8.16. The molecule has 13 heavy (non-hydrogen) atoms. The molecule has 0 aliphatic carbocycles. The Kier molecular flexibility index (Phi) is 2.54. The van der Waals surface area contributed by atoms with Crippen molar-refractivity contribution in [1.82, 2.24) is 4.90 Å².